The maximum atomic E-state index is 5.60. The molecule has 13 heavy (non-hydrogen) atoms. The van der Waals surface area contributed by atoms with Gasteiger partial charge in [-0.2, -0.15) is 0 Å². The second-order valence-electron chi connectivity index (χ2n) is 3.08. The molecule has 1 heterocycles. The second kappa shape index (κ2) is 4.07. The number of halogens is 1. The molecule has 1 aromatic carbocycles. The van der Waals surface area contributed by atoms with Crippen LogP contribution in [0.2, 0.25) is 0 Å². The lowest BCUT2D eigenvalue weighted by Crippen LogP contribution is -2.07. The van der Waals surface area contributed by atoms with Crippen molar-refractivity contribution >= 4 is 15.9 Å². The molecule has 1 nitrogen and oxygen atoms in total. The van der Waals surface area contributed by atoms with E-state index in [0.717, 1.165) is 17.5 Å². The maximum absolute atomic E-state index is 5.60. The van der Waals surface area contributed by atoms with Gasteiger partial charge in [0.1, 0.15) is 0 Å². The number of benzene rings is 1. The predicted molar refractivity (Wildman–Crippen MR) is 56.6 cm³/mol. The van der Waals surface area contributed by atoms with Crippen molar-refractivity contribution < 1.29 is 4.74 Å². The minimum Gasteiger partial charge on any atom is -0.369 e. The molecule has 1 aromatic rings. The van der Waals surface area contributed by atoms with E-state index in [0.29, 0.717) is 0 Å². The quantitative estimate of drug-likeness (QED) is 0.682. The molecule has 0 aromatic heterocycles. The third-order valence-corrected chi connectivity index (χ3v) is 2.68. The zero-order chi connectivity index (χ0) is 9.10. The molecule has 68 valence electrons. The lowest BCUT2D eigenvalue weighted by molar-refractivity contribution is 0.0677. The van der Waals surface area contributed by atoms with E-state index < -0.39 is 0 Å². The van der Waals surface area contributed by atoms with Crippen LogP contribution in [0.4, 0.5) is 0 Å². The summed E-state index contributed by atoms with van der Waals surface area (Å²) in [4.78, 5) is 0. The van der Waals surface area contributed by atoms with E-state index in [9.17, 15) is 0 Å². The lowest BCUT2D eigenvalue weighted by atomic mass is 10.1. The van der Waals surface area contributed by atoms with Crippen LogP contribution >= 0.6 is 15.9 Å². The number of ether oxygens (including phenoxy) is 1. The van der Waals surface area contributed by atoms with Gasteiger partial charge in [0, 0.05) is 4.47 Å². The number of hydrogen-bond donors (Lipinski definition) is 0. The standard InChI is InChI=1S/C11H11BrO/c12-10-6-4-9(5-7-10)11-3-1-2-8-13-11/h1-2,4-7,11H,3,8H2/t11-/m1/s1. The van der Waals surface area contributed by atoms with Gasteiger partial charge >= 0.3 is 0 Å². The van der Waals surface area contributed by atoms with E-state index >= 15 is 0 Å². The zero-order valence-corrected chi connectivity index (χ0v) is 8.83. The highest BCUT2D eigenvalue weighted by Gasteiger charge is 2.11. The first-order valence-corrected chi connectivity index (χ1v) is 5.17. The van der Waals surface area contributed by atoms with Crippen LogP contribution in [-0.2, 0) is 4.74 Å². The van der Waals surface area contributed by atoms with Crippen LogP contribution in [0.15, 0.2) is 40.9 Å². The SMILES string of the molecule is Brc1ccc([C@H]2CC=CCO2)cc1. The first kappa shape index (κ1) is 8.97. The van der Waals surface area contributed by atoms with Crippen molar-refractivity contribution in [2.24, 2.45) is 0 Å². The monoisotopic (exact) mass is 238 g/mol. The van der Waals surface area contributed by atoms with Gasteiger partial charge in [0.25, 0.3) is 0 Å². The van der Waals surface area contributed by atoms with Crippen LogP contribution in [-0.4, -0.2) is 6.61 Å². The number of hydrogen-bond acceptors (Lipinski definition) is 1. The summed E-state index contributed by atoms with van der Waals surface area (Å²) < 4.78 is 6.72. The summed E-state index contributed by atoms with van der Waals surface area (Å²) in [5.41, 5.74) is 1.26. The first-order valence-electron chi connectivity index (χ1n) is 4.38. The molecule has 1 aliphatic rings. The first-order chi connectivity index (χ1) is 6.36. The van der Waals surface area contributed by atoms with Crippen molar-refractivity contribution in [3.05, 3.63) is 46.5 Å². The molecule has 0 amide bonds. The number of rotatable bonds is 1. The Hall–Kier alpha value is -0.600. The van der Waals surface area contributed by atoms with E-state index in [4.69, 9.17) is 4.74 Å². The average molecular weight is 239 g/mol. The minimum absolute atomic E-state index is 0.248. The Morgan fingerprint density at radius 3 is 2.54 bits per heavy atom. The van der Waals surface area contributed by atoms with Crippen molar-refractivity contribution in [3.63, 3.8) is 0 Å². The van der Waals surface area contributed by atoms with Crippen LogP contribution in [0.1, 0.15) is 18.1 Å². The van der Waals surface area contributed by atoms with Gasteiger partial charge in [-0.05, 0) is 24.1 Å². The third-order valence-electron chi connectivity index (χ3n) is 2.15. The highest BCUT2D eigenvalue weighted by molar-refractivity contribution is 9.10. The van der Waals surface area contributed by atoms with Crippen LogP contribution in [0.5, 0.6) is 0 Å². The van der Waals surface area contributed by atoms with Crippen LogP contribution in [0.3, 0.4) is 0 Å². The topological polar surface area (TPSA) is 9.23 Å². The molecule has 2 heteroatoms. The Labute approximate surface area is 86.5 Å². The van der Waals surface area contributed by atoms with Crippen LogP contribution in [0, 0.1) is 0 Å². The molecule has 0 aliphatic carbocycles. The van der Waals surface area contributed by atoms with Crippen LogP contribution in [0.25, 0.3) is 0 Å². The predicted octanol–water partition coefficient (Wildman–Crippen LogP) is 3.47. The van der Waals surface area contributed by atoms with Gasteiger partial charge in [-0.15, -0.1) is 0 Å². The van der Waals surface area contributed by atoms with E-state index in [-0.39, 0.29) is 6.10 Å². The summed E-state index contributed by atoms with van der Waals surface area (Å²) in [5, 5.41) is 0. The summed E-state index contributed by atoms with van der Waals surface area (Å²) >= 11 is 3.41. The summed E-state index contributed by atoms with van der Waals surface area (Å²) in [7, 11) is 0. The van der Waals surface area contributed by atoms with Crippen molar-refractivity contribution in [2.45, 2.75) is 12.5 Å². The molecule has 0 spiro atoms. The Morgan fingerprint density at radius 1 is 1.15 bits per heavy atom. The molecule has 0 bridgehead atoms. The Balaban J connectivity index is 2.15. The zero-order valence-electron chi connectivity index (χ0n) is 7.24. The van der Waals surface area contributed by atoms with Gasteiger partial charge in [0.05, 0.1) is 12.7 Å². The molecule has 0 fully saturated rings. The van der Waals surface area contributed by atoms with Gasteiger partial charge < -0.3 is 4.74 Å². The highest BCUT2D eigenvalue weighted by atomic mass is 79.9. The summed E-state index contributed by atoms with van der Waals surface area (Å²) in [6, 6.07) is 8.32. The smallest absolute Gasteiger partial charge is 0.0863 e. The normalized spacial score (nSPS) is 21.8. The summed E-state index contributed by atoms with van der Waals surface area (Å²) in [6.07, 6.45) is 5.48. The Kier molecular flexibility index (Phi) is 2.81. The lowest BCUT2D eigenvalue weighted by Gasteiger charge is -2.18. The van der Waals surface area contributed by atoms with E-state index in [1.165, 1.54) is 5.56 Å². The molecule has 0 N–H and O–H groups in total. The largest absolute Gasteiger partial charge is 0.369 e. The van der Waals surface area contributed by atoms with Crippen molar-refractivity contribution in [3.8, 4) is 0 Å². The van der Waals surface area contributed by atoms with Gasteiger partial charge in [0.15, 0.2) is 0 Å². The van der Waals surface area contributed by atoms with E-state index in [2.05, 4.69) is 52.3 Å². The Bertz CT molecular complexity index is 302. The highest BCUT2D eigenvalue weighted by Crippen LogP contribution is 2.25. The fourth-order valence-corrected chi connectivity index (χ4v) is 1.70. The molecule has 2 rings (SSSR count). The average Bonchev–Trinajstić information content (AvgIpc) is 2.20. The molecular weight excluding hydrogens is 228 g/mol. The molecule has 1 aliphatic heterocycles. The molecular formula is C11H11BrO. The molecule has 0 saturated carbocycles. The maximum Gasteiger partial charge on any atom is 0.0863 e. The molecule has 1 atom stereocenters. The molecule has 0 radical (unpaired) electrons. The van der Waals surface area contributed by atoms with Crippen molar-refractivity contribution in [1.29, 1.82) is 0 Å². The van der Waals surface area contributed by atoms with E-state index in [1.807, 2.05) is 0 Å². The fourth-order valence-electron chi connectivity index (χ4n) is 1.44. The fraction of sp³-hybridized carbons (Fsp3) is 0.273. The minimum atomic E-state index is 0.248. The van der Waals surface area contributed by atoms with Gasteiger partial charge in [-0.25, -0.2) is 0 Å². The van der Waals surface area contributed by atoms with Crippen molar-refractivity contribution in [1.82, 2.24) is 0 Å². The van der Waals surface area contributed by atoms with E-state index in [1.54, 1.807) is 0 Å². The summed E-state index contributed by atoms with van der Waals surface area (Å²) in [5.74, 6) is 0. The Morgan fingerprint density at radius 2 is 1.92 bits per heavy atom. The van der Waals surface area contributed by atoms with Crippen LogP contribution < -0.4 is 0 Å². The van der Waals surface area contributed by atoms with Gasteiger partial charge in [0.2, 0.25) is 0 Å². The summed E-state index contributed by atoms with van der Waals surface area (Å²) in [6.45, 7) is 0.737. The van der Waals surface area contributed by atoms with Gasteiger partial charge in [-0.3, -0.25) is 0 Å². The molecule has 0 saturated heterocycles. The van der Waals surface area contributed by atoms with Gasteiger partial charge in [-0.1, -0.05) is 40.2 Å². The third kappa shape index (κ3) is 2.20. The second-order valence-corrected chi connectivity index (χ2v) is 4.00. The van der Waals surface area contributed by atoms with Crippen molar-refractivity contribution in [2.75, 3.05) is 6.61 Å². The molecule has 0 unspecified atom stereocenters.